The molecule has 7 heteroatoms. The zero-order valence-electron chi connectivity index (χ0n) is 16.0. The molecule has 5 nitrogen and oxygen atoms in total. The Kier molecular flexibility index (Phi) is 6.52. The maximum absolute atomic E-state index is 12.7. The summed E-state index contributed by atoms with van der Waals surface area (Å²) in [6.45, 7) is 3.71. The van der Waals surface area contributed by atoms with Crippen LogP contribution in [-0.2, 0) is 9.59 Å². The lowest BCUT2D eigenvalue weighted by Gasteiger charge is -2.16. The Bertz CT molecular complexity index is 899. The van der Waals surface area contributed by atoms with Gasteiger partial charge in [0.25, 0.3) is 0 Å². The minimum Gasteiger partial charge on any atom is -0.495 e. The van der Waals surface area contributed by atoms with Crippen LogP contribution in [0, 0.1) is 12.8 Å². The van der Waals surface area contributed by atoms with Crippen LogP contribution in [0.4, 0.5) is 11.4 Å². The van der Waals surface area contributed by atoms with Crippen LogP contribution < -0.4 is 15.4 Å². The van der Waals surface area contributed by atoms with Crippen LogP contribution in [0.15, 0.2) is 41.3 Å². The number of benzene rings is 2. The van der Waals surface area contributed by atoms with Crippen LogP contribution in [-0.4, -0.2) is 24.2 Å². The first-order valence-electron chi connectivity index (χ1n) is 9.10. The molecule has 3 rings (SSSR count). The maximum Gasteiger partial charge on any atom is 0.237 e. The number of methoxy groups -OCH3 is 1. The molecule has 2 aromatic rings. The molecule has 148 valence electrons. The second-order valence-corrected chi connectivity index (χ2v) is 8.66. The molecule has 1 unspecified atom stereocenters. The number of carbonyl (C=O) groups excluding carboxylic acids is 2. The highest BCUT2D eigenvalue weighted by molar-refractivity contribution is 8.00. The summed E-state index contributed by atoms with van der Waals surface area (Å²) >= 11 is 7.55. The van der Waals surface area contributed by atoms with Crippen molar-refractivity contribution in [1.82, 2.24) is 0 Å². The average Bonchev–Trinajstić information content (AvgIpc) is 3.50. The van der Waals surface area contributed by atoms with E-state index in [-0.39, 0.29) is 23.0 Å². The highest BCUT2D eigenvalue weighted by atomic mass is 35.5. The van der Waals surface area contributed by atoms with Crippen molar-refractivity contribution in [1.29, 1.82) is 0 Å². The first-order valence-corrected chi connectivity index (χ1v) is 10.4. The molecule has 0 bridgehead atoms. The molecular formula is C21H23ClN2O3S. The summed E-state index contributed by atoms with van der Waals surface area (Å²) < 4.78 is 5.31. The molecule has 1 saturated carbocycles. The zero-order valence-corrected chi connectivity index (χ0v) is 17.6. The topological polar surface area (TPSA) is 67.4 Å². The number of nitrogens with one attached hydrogen (secondary N) is 2. The van der Waals surface area contributed by atoms with E-state index in [2.05, 4.69) is 10.6 Å². The molecule has 0 radical (unpaired) electrons. The first kappa shape index (κ1) is 20.6. The van der Waals surface area contributed by atoms with Crippen LogP contribution in [0.25, 0.3) is 0 Å². The maximum atomic E-state index is 12.7. The summed E-state index contributed by atoms with van der Waals surface area (Å²) in [6.07, 6.45) is 1.93. The lowest BCUT2D eigenvalue weighted by atomic mass is 10.2. The summed E-state index contributed by atoms with van der Waals surface area (Å²) in [5.41, 5.74) is 2.20. The molecule has 0 aromatic heterocycles. The van der Waals surface area contributed by atoms with Crippen molar-refractivity contribution in [2.45, 2.75) is 36.8 Å². The molecule has 1 atom stereocenters. The van der Waals surface area contributed by atoms with Gasteiger partial charge < -0.3 is 15.4 Å². The van der Waals surface area contributed by atoms with Gasteiger partial charge in [-0.25, -0.2) is 0 Å². The number of carbonyl (C=O) groups is 2. The number of halogens is 1. The molecule has 2 aromatic carbocycles. The minimum absolute atomic E-state index is 0.0677. The zero-order chi connectivity index (χ0) is 20.3. The predicted octanol–water partition coefficient (Wildman–Crippen LogP) is 5.12. The van der Waals surface area contributed by atoms with Gasteiger partial charge in [0.15, 0.2) is 0 Å². The van der Waals surface area contributed by atoms with E-state index in [1.54, 1.807) is 12.1 Å². The van der Waals surface area contributed by atoms with Gasteiger partial charge in [0.1, 0.15) is 5.75 Å². The van der Waals surface area contributed by atoms with Gasteiger partial charge in [-0.3, -0.25) is 9.59 Å². The van der Waals surface area contributed by atoms with Crippen molar-refractivity contribution in [3.05, 3.63) is 47.0 Å². The largest absolute Gasteiger partial charge is 0.495 e. The third-order valence-corrected chi connectivity index (χ3v) is 5.97. The predicted molar refractivity (Wildman–Crippen MR) is 114 cm³/mol. The molecule has 2 amide bonds. The van der Waals surface area contributed by atoms with Gasteiger partial charge in [-0.15, -0.1) is 11.8 Å². The Balaban J connectivity index is 1.64. The smallest absolute Gasteiger partial charge is 0.237 e. The molecule has 1 aliphatic rings. The van der Waals surface area contributed by atoms with Crippen LogP contribution in [0.5, 0.6) is 5.75 Å². The van der Waals surface area contributed by atoms with Gasteiger partial charge in [0.2, 0.25) is 11.8 Å². The molecule has 0 aliphatic heterocycles. The fourth-order valence-corrected chi connectivity index (χ4v) is 3.74. The van der Waals surface area contributed by atoms with Crippen LogP contribution in [0.2, 0.25) is 5.02 Å². The SMILES string of the molecule is COc1cc(Cl)c(C)cc1NC(=O)C(C)Sc1cccc(NC(=O)C2CC2)c1. The molecule has 0 heterocycles. The van der Waals surface area contributed by atoms with Crippen LogP contribution >= 0.6 is 23.4 Å². The number of anilines is 2. The Morgan fingerprint density at radius 3 is 2.64 bits per heavy atom. The van der Waals surface area contributed by atoms with E-state index >= 15 is 0 Å². The molecule has 2 N–H and O–H groups in total. The fourth-order valence-electron chi connectivity index (χ4n) is 2.66. The van der Waals surface area contributed by atoms with Crippen molar-refractivity contribution >= 4 is 46.6 Å². The summed E-state index contributed by atoms with van der Waals surface area (Å²) in [5.74, 6) is 0.598. The monoisotopic (exact) mass is 418 g/mol. The number of ether oxygens (including phenoxy) is 1. The molecular weight excluding hydrogens is 396 g/mol. The number of aryl methyl sites for hydroxylation is 1. The third kappa shape index (κ3) is 5.20. The number of amides is 2. The molecule has 28 heavy (non-hydrogen) atoms. The Hall–Kier alpha value is -2.18. The van der Waals surface area contributed by atoms with Crippen LogP contribution in [0.1, 0.15) is 25.3 Å². The second-order valence-electron chi connectivity index (χ2n) is 6.84. The highest BCUT2D eigenvalue weighted by Crippen LogP contribution is 2.33. The Morgan fingerprint density at radius 2 is 1.96 bits per heavy atom. The lowest BCUT2D eigenvalue weighted by Crippen LogP contribution is -2.22. The van der Waals surface area contributed by atoms with Crippen molar-refractivity contribution in [3.63, 3.8) is 0 Å². The first-order chi connectivity index (χ1) is 13.4. The van der Waals surface area contributed by atoms with E-state index in [0.29, 0.717) is 16.5 Å². The van der Waals surface area contributed by atoms with E-state index < -0.39 is 0 Å². The van der Waals surface area contributed by atoms with E-state index in [9.17, 15) is 9.59 Å². The number of rotatable bonds is 7. The van der Waals surface area contributed by atoms with Gasteiger partial charge in [0, 0.05) is 27.6 Å². The molecule has 1 fully saturated rings. The van der Waals surface area contributed by atoms with Crippen LogP contribution in [0.3, 0.4) is 0 Å². The number of hydrogen-bond acceptors (Lipinski definition) is 4. The third-order valence-electron chi connectivity index (χ3n) is 4.47. The lowest BCUT2D eigenvalue weighted by molar-refractivity contribution is -0.117. The minimum atomic E-state index is -0.338. The standard InChI is InChI=1S/C21H23ClN2O3S/c1-12-9-18(19(27-3)11-17(12)22)24-20(25)13(2)28-16-6-4-5-15(10-16)23-21(26)14-7-8-14/h4-6,9-11,13-14H,7-8H2,1-3H3,(H,23,26)(H,24,25). The van der Waals surface area contributed by atoms with E-state index in [0.717, 1.165) is 29.0 Å². The van der Waals surface area contributed by atoms with E-state index in [4.69, 9.17) is 16.3 Å². The molecule has 1 aliphatic carbocycles. The van der Waals surface area contributed by atoms with Crippen molar-refractivity contribution in [3.8, 4) is 5.75 Å². The van der Waals surface area contributed by atoms with Gasteiger partial charge in [-0.2, -0.15) is 0 Å². The fraction of sp³-hybridized carbons (Fsp3) is 0.333. The van der Waals surface area contributed by atoms with Gasteiger partial charge >= 0.3 is 0 Å². The number of thioether (sulfide) groups is 1. The normalized spacial score (nSPS) is 14.3. The number of hydrogen-bond donors (Lipinski definition) is 2. The summed E-state index contributed by atoms with van der Waals surface area (Å²) in [7, 11) is 1.54. The van der Waals surface area contributed by atoms with Crippen molar-refractivity contribution in [2.75, 3.05) is 17.7 Å². The quantitative estimate of drug-likeness (QED) is 0.612. The Morgan fingerprint density at radius 1 is 1.21 bits per heavy atom. The second kappa shape index (κ2) is 8.88. The molecule has 0 saturated heterocycles. The van der Waals surface area contributed by atoms with Gasteiger partial charge in [-0.1, -0.05) is 17.7 Å². The van der Waals surface area contributed by atoms with Crippen molar-refractivity contribution in [2.24, 2.45) is 5.92 Å². The van der Waals surface area contributed by atoms with E-state index in [1.165, 1.54) is 18.9 Å². The van der Waals surface area contributed by atoms with E-state index in [1.807, 2.05) is 38.1 Å². The summed E-state index contributed by atoms with van der Waals surface area (Å²) in [6, 6.07) is 11.0. The summed E-state index contributed by atoms with van der Waals surface area (Å²) in [4.78, 5) is 25.5. The molecule has 0 spiro atoms. The Labute approximate surface area is 174 Å². The van der Waals surface area contributed by atoms with Gasteiger partial charge in [-0.05, 0) is 56.5 Å². The van der Waals surface area contributed by atoms with Crippen molar-refractivity contribution < 1.29 is 14.3 Å². The average molecular weight is 419 g/mol. The highest BCUT2D eigenvalue weighted by Gasteiger charge is 2.29. The van der Waals surface area contributed by atoms with Gasteiger partial charge in [0.05, 0.1) is 18.0 Å². The summed E-state index contributed by atoms with van der Waals surface area (Å²) in [5, 5.41) is 6.09.